The SMILES string of the molecule is COc1ccc2c3c1O[C@H]1C(OC(=O)CCNC(=O)[C@H](C)O)=CC[C@@]4(OC(=O)CCNC(=O)[C@H](C)OC(=O)OC(C)(C)C)[C@@H](C2)N(C)CC[C@]314. The van der Waals surface area contributed by atoms with Crippen LogP contribution in [-0.4, -0.2) is 109 Å². The number of aliphatic hydroxyl groups excluding tert-OH is 1. The maximum atomic E-state index is 13.7. The number of rotatable bonds is 12. The second-order valence-electron chi connectivity index (χ2n) is 14.2. The van der Waals surface area contributed by atoms with Crippen LogP contribution < -0.4 is 20.1 Å². The molecule has 2 aliphatic carbocycles. The van der Waals surface area contributed by atoms with Crippen LogP contribution in [0.25, 0.3) is 0 Å². The molecular formula is C35H47N3O12. The fraction of sp³-hybridized carbons (Fsp3) is 0.629. The zero-order valence-electron chi connectivity index (χ0n) is 29.6. The van der Waals surface area contributed by atoms with E-state index in [1.54, 1.807) is 34.0 Å². The standard InChI is InChI=1S/C35H47N3O12/c1-19(39)30(42)36-15-11-25(40)47-23-10-13-35(49-26(41)12-16-37-31(43)20(2)46-32(44)50-33(3,4)5)24-18-21-8-9-22(45-7)28-27(21)34(35,29(23)48-28)14-17-38(24)6/h8-10,19-20,24,29,39H,11-18H2,1-7H3,(H,36,42)(H,37,43)/t19-,20-,24+,29-,34-,35+/m0/s1. The second-order valence-corrected chi connectivity index (χ2v) is 14.2. The first-order valence-electron chi connectivity index (χ1n) is 16.9. The number of piperidine rings is 1. The number of carbonyl (C=O) groups is 5. The summed E-state index contributed by atoms with van der Waals surface area (Å²) in [5.41, 5.74) is -0.948. The lowest BCUT2D eigenvalue weighted by molar-refractivity contribution is -0.206. The molecule has 4 aliphatic rings. The van der Waals surface area contributed by atoms with Crippen molar-refractivity contribution in [2.45, 2.75) is 108 Å². The van der Waals surface area contributed by atoms with E-state index in [4.69, 9.17) is 28.4 Å². The average Bonchev–Trinajstić information content (AvgIpc) is 3.38. The van der Waals surface area contributed by atoms with Crippen molar-refractivity contribution in [2.24, 2.45) is 0 Å². The number of esters is 2. The van der Waals surface area contributed by atoms with Crippen LogP contribution in [0.3, 0.4) is 0 Å². The van der Waals surface area contributed by atoms with Gasteiger partial charge in [-0.05, 0) is 78.8 Å². The van der Waals surface area contributed by atoms with Gasteiger partial charge in [-0.25, -0.2) is 4.79 Å². The number of hydrogen-bond donors (Lipinski definition) is 3. The van der Waals surface area contributed by atoms with Gasteiger partial charge in [0.2, 0.25) is 5.91 Å². The van der Waals surface area contributed by atoms with E-state index >= 15 is 0 Å². The molecule has 0 radical (unpaired) electrons. The summed E-state index contributed by atoms with van der Waals surface area (Å²) >= 11 is 0. The van der Waals surface area contributed by atoms with E-state index < -0.39 is 64.8 Å². The van der Waals surface area contributed by atoms with Gasteiger partial charge in [0, 0.05) is 25.1 Å². The van der Waals surface area contributed by atoms with Gasteiger partial charge in [-0.3, -0.25) is 24.1 Å². The molecule has 2 amide bonds. The van der Waals surface area contributed by atoms with Crippen molar-refractivity contribution in [3.8, 4) is 11.5 Å². The van der Waals surface area contributed by atoms with Crippen molar-refractivity contribution < 1.29 is 57.5 Å². The molecule has 2 bridgehead atoms. The minimum Gasteiger partial charge on any atom is -0.493 e. The fourth-order valence-corrected chi connectivity index (χ4v) is 7.53. The zero-order valence-corrected chi connectivity index (χ0v) is 29.6. The summed E-state index contributed by atoms with van der Waals surface area (Å²) in [7, 11) is 3.53. The summed E-state index contributed by atoms with van der Waals surface area (Å²) in [4.78, 5) is 65.3. The molecule has 6 atom stereocenters. The smallest absolute Gasteiger partial charge is 0.493 e. The van der Waals surface area contributed by atoms with Gasteiger partial charge in [-0.2, -0.15) is 0 Å². The van der Waals surface area contributed by atoms with E-state index in [-0.39, 0.29) is 44.2 Å². The van der Waals surface area contributed by atoms with E-state index in [9.17, 15) is 29.1 Å². The largest absolute Gasteiger partial charge is 0.509 e. The van der Waals surface area contributed by atoms with E-state index in [0.717, 1.165) is 11.1 Å². The predicted octanol–water partition coefficient (Wildman–Crippen LogP) is 1.80. The maximum absolute atomic E-state index is 13.7. The molecule has 1 spiro atoms. The highest BCUT2D eigenvalue weighted by atomic mass is 16.7. The van der Waals surface area contributed by atoms with Crippen molar-refractivity contribution in [3.63, 3.8) is 0 Å². The van der Waals surface area contributed by atoms with Crippen LogP contribution in [0, 0.1) is 0 Å². The third-order valence-electron chi connectivity index (χ3n) is 9.72. The molecule has 15 nitrogen and oxygen atoms in total. The van der Waals surface area contributed by atoms with Gasteiger partial charge in [-0.15, -0.1) is 0 Å². The molecule has 2 heterocycles. The quantitative estimate of drug-likeness (QED) is 0.212. The predicted molar refractivity (Wildman–Crippen MR) is 175 cm³/mol. The van der Waals surface area contributed by atoms with Gasteiger partial charge >= 0.3 is 18.1 Å². The minimum atomic E-state index is -1.21. The molecule has 5 rings (SSSR count). The number of amides is 2. The molecule has 3 N–H and O–H groups in total. The Hall–Kier alpha value is -4.37. The van der Waals surface area contributed by atoms with Crippen LogP contribution in [0.15, 0.2) is 24.0 Å². The summed E-state index contributed by atoms with van der Waals surface area (Å²) in [5, 5.41) is 14.5. The molecule has 15 heteroatoms. The van der Waals surface area contributed by atoms with Gasteiger partial charge in [0.25, 0.3) is 5.91 Å². The number of carbonyl (C=O) groups excluding carboxylic acids is 5. The monoisotopic (exact) mass is 701 g/mol. The van der Waals surface area contributed by atoms with Crippen LogP contribution in [0.2, 0.25) is 0 Å². The Balaban J connectivity index is 1.37. The van der Waals surface area contributed by atoms with Crippen LogP contribution in [0.4, 0.5) is 4.79 Å². The Morgan fingerprint density at radius 1 is 1.06 bits per heavy atom. The van der Waals surface area contributed by atoms with Gasteiger partial charge < -0.3 is 44.2 Å². The van der Waals surface area contributed by atoms with Crippen molar-refractivity contribution >= 4 is 29.9 Å². The molecule has 1 saturated heterocycles. The number of ether oxygens (including phenoxy) is 6. The van der Waals surface area contributed by atoms with Crippen LogP contribution in [0.5, 0.6) is 11.5 Å². The Kier molecular flexibility index (Phi) is 10.4. The Bertz CT molecular complexity index is 1570. The van der Waals surface area contributed by atoms with Crippen LogP contribution in [-0.2, 0) is 50.0 Å². The number of methoxy groups -OCH3 is 1. The molecule has 0 unspecified atom stereocenters. The van der Waals surface area contributed by atoms with Crippen LogP contribution >= 0.6 is 0 Å². The highest BCUT2D eigenvalue weighted by Crippen LogP contribution is 2.66. The molecule has 50 heavy (non-hydrogen) atoms. The lowest BCUT2D eigenvalue weighted by Crippen LogP contribution is -2.75. The van der Waals surface area contributed by atoms with E-state index in [0.29, 0.717) is 30.9 Å². The van der Waals surface area contributed by atoms with Gasteiger partial charge in [0.15, 0.2) is 23.7 Å². The summed E-state index contributed by atoms with van der Waals surface area (Å²) < 4.78 is 34.9. The van der Waals surface area contributed by atoms with Gasteiger partial charge in [0.05, 0.1) is 31.4 Å². The summed E-state index contributed by atoms with van der Waals surface area (Å²) in [6, 6.07) is 3.58. The topological polar surface area (TPSA) is 188 Å². The van der Waals surface area contributed by atoms with Crippen molar-refractivity contribution in [3.05, 3.63) is 35.1 Å². The van der Waals surface area contributed by atoms with Gasteiger partial charge in [0.1, 0.15) is 23.1 Å². The minimum absolute atomic E-state index is 0.0262. The highest BCUT2D eigenvalue weighted by Gasteiger charge is 2.74. The number of aliphatic hydroxyl groups is 1. The maximum Gasteiger partial charge on any atom is 0.509 e. The highest BCUT2D eigenvalue weighted by molar-refractivity contribution is 5.83. The number of nitrogens with zero attached hydrogens (tertiary/aromatic N) is 1. The van der Waals surface area contributed by atoms with Crippen molar-refractivity contribution in [1.29, 1.82) is 0 Å². The van der Waals surface area contributed by atoms with E-state index in [2.05, 4.69) is 15.5 Å². The molecule has 274 valence electrons. The number of hydrogen-bond acceptors (Lipinski definition) is 13. The fourth-order valence-electron chi connectivity index (χ4n) is 7.53. The summed E-state index contributed by atoms with van der Waals surface area (Å²) in [5.74, 6) is -1.05. The van der Waals surface area contributed by atoms with Crippen molar-refractivity contribution in [2.75, 3.05) is 33.8 Å². The summed E-state index contributed by atoms with van der Waals surface area (Å²) in [6.45, 7) is 8.33. The third kappa shape index (κ3) is 6.84. The molecule has 1 fully saturated rings. The van der Waals surface area contributed by atoms with Crippen LogP contribution in [0.1, 0.15) is 71.4 Å². The second kappa shape index (κ2) is 14.1. The molecular weight excluding hydrogens is 654 g/mol. The van der Waals surface area contributed by atoms with E-state index in [1.807, 2.05) is 19.2 Å². The first kappa shape index (κ1) is 36.9. The summed E-state index contributed by atoms with van der Waals surface area (Å²) in [6.07, 6.45) is -1.43. The molecule has 0 aromatic heterocycles. The third-order valence-corrected chi connectivity index (χ3v) is 9.72. The Morgan fingerprint density at radius 3 is 2.40 bits per heavy atom. The number of likely N-dealkylation sites (tertiary alicyclic amines) is 1. The number of likely N-dealkylation sites (N-methyl/N-ethyl adjacent to an activating group) is 1. The van der Waals surface area contributed by atoms with Gasteiger partial charge in [-0.1, -0.05) is 6.07 Å². The Labute approximate surface area is 290 Å². The molecule has 0 saturated carbocycles. The lowest BCUT2D eigenvalue weighted by Gasteiger charge is -2.62. The first-order valence-corrected chi connectivity index (χ1v) is 16.9. The zero-order chi connectivity index (χ0) is 36.6. The normalized spacial score (nSPS) is 25.8. The first-order chi connectivity index (χ1) is 23.5. The molecule has 2 aliphatic heterocycles. The molecule has 1 aromatic carbocycles. The molecule has 1 aromatic rings. The lowest BCUT2D eigenvalue weighted by atomic mass is 9.50. The van der Waals surface area contributed by atoms with Crippen molar-refractivity contribution in [1.82, 2.24) is 15.5 Å². The Morgan fingerprint density at radius 2 is 1.74 bits per heavy atom. The van der Waals surface area contributed by atoms with E-state index in [1.165, 1.54) is 13.8 Å². The number of benzene rings is 1. The number of nitrogens with one attached hydrogen (secondary N) is 2. The average molecular weight is 702 g/mol.